The van der Waals surface area contributed by atoms with Crippen LogP contribution in [-0.2, 0) is 0 Å². The first-order valence-corrected chi connectivity index (χ1v) is 8.54. The highest BCUT2D eigenvalue weighted by atomic mass is 16.1. The molecule has 1 aliphatic heterocycles. The van der Waals surface area contributed by atoms with Gasteiger partial charge in [-0.1, -0.05) is 6.07 Å². The molecule has 0 radical (unpaired) electrons. The summed E-state index contributed by atoms with van der Waals surface area (Å²) in [5.74, 6) is 0.487. The second kappa shape index (κ2) is 6.51. The number of anilines is 1. The Morgan fingerprint density at radius 2 is 2.04 bits per heavy atom. The second-order valence-corrected chi connectivity index (χ2v) is 6.28. The minimum atomic E-state index is -0.276. The molecule has 0 aliphatic carbocycles. The molecule has 3 aromatic heterocycles. The maximum absolute atomic E-state index is 12.6. The van der Waals surface area contributed by atoms with Crippen LogP contribution in [0.1, 0.15) is 42.1 Å². The zero-order chi connectivity index (χ0) is 17.2. The van der Waals surface area contributed by atoms with E-state index < -0.39 is 0 Å². The predicted molar refractivity (Wildman–Crippen MR) is 94.6 cm³/mol. The highest BCUT2D eigenvalue weighted by molar-refractivity contribution is 5.93. The maximum atomic E-state index is 12.6. The molecule has 1 atom stereocenters. The number of pyridine rings is 2. The fourth-order valence-corrected chi connectivity index (χ4v) is 3.21. The number of carbonyl (C=O) groups excluding carboxylic acids is 1. The summed E-state index contributed by atoms with van der Waals surface area (Å²) in [4.78, 5) is 19.1. The molecule has 0 bridgehead atoms. The largest absolute Gasteiger partial charge is 0.371 e. The lowest BCUT2D eigenvalue weighted by molar-refractivity contribution is 0.0933. The fourth-order valence-electron chi connectivity index (χ4n) is 3.21. The minimum absolute atomic E-state index is 0.207. The molecular formula is C18H20N6O. The Morgan fingerprint density at radius 1 is 1.20 bits per heavy atom. The Kier molecular flexibility index (Phi) is 4.05. The van der Waals surface area contributed by atoms with Gasteiger partial charge in [-0.2, -0.15) is 0 Å². The molecule has 1 amide bonds. The van der Waals surface area contributed by atoms with E-state index in [0.29, 0.717) is 11.5 Å². The topological polar surface area (TPSA) is 75.4 Å². The average molecular weight is 336 g/mol. The summed E-state index contributed by atoms with van der Waals surface area (Å²) < 4.78 is 1.87. The summed E-state index contributed by atoms with van der Waals surface area (Å²) in [6, 6.07) is 9.24. The third-order valence-electron chi connectivity index (χ3n) is 4.52. The van der Waals surface area contributed by atoms with E-state index in [1.54, 1.807) is 6.20 Å². The highest BCUT2D eigenvalue weighted by Gasteiger charge is 2.19. The quantitative estimate of drug-likeness (QED) is 0.790. The van der Waals surface area contributed by atoms with Gasteiger partial charge in [0.05, 0.1) is 6.04 Å². The van der Waals surface area contributed by atoms with E-state index in [4.69, 9.17) is 0 Å². The summed E-state index contributed by atoms with van der Waals surface area (Å²) in [6.07, 6.45) is 5.97. The minimum Gasteiger partial charge on any atom is -0.371 e. The van der Waals surface area contributed by atoms with Crippen LogP contribution in [0, 0.1) is 0 Å². The van der Waals surface area contributed by atoms with Gasteiger partial charge >= 0.3 is 0 Å². The molecule has 25 heavy (non-hydrogen) atoms. The van der Waals surface area contributed by atoms with Crippen molar-refractivity contribution in [2.45, 2.75) is 25.8 Å². The van der Waals surface area contributed by atoms with Crippen LogP contribution in [0.3, 0.4) is 0 Å². The smallest absolute Gasteiger partial charge is 0.270 e. The molecule has 0 saturated carbocycles. The van der Waals surface area contributed by atoms with Gasteiger partial charge in [0, 0.05) is 31.2 Å². The van der Waals surface area contributed by atoms with Crippen molar-refractivity contribution in [3.05, 3.63) is 54.2 Å². The normalized spacial score (nSPS) is 15.5. The zero-order valence-corrected chi connectivity index (χ0v) is 14.1. The SMILES string of the molecule is CC(NC(=O)c1cc(N2CCCC2)ccn1)c1nnc2ccccn12. The second-order valence-electron chi connectivity index (χ2n) is 6.28. The van der Waals surface area contributed by atoms with Gasteiger partial charge in [0.25, 0.3) is 5.91 Å². The first-order valence-electron chi connectivity index (χ1n) is 8.54. The number of rotatable bonds is 4. The molecule has 1 aliphatic rings. The molecular weight excluding hydrogens is 316 g/mol. The lowest BCUT2D eigenvalue weighted by Gasteiger charge is -2.18. The highest BCUT2D eigenvalue weighted by Crippen LogP contribution is 2.20. The van der Waals surface area contributed by atoms with Crippen molar-refractivity contribution in [1.82, 2.24) is 24.9 Å². The van der Waals surface area contributed by atoms with E-state index in [9.17, 15) is 4.79 Å². The molecule has 1 fully saturated rings. The molecule has 7 heteroatoms. The average Bonchev–Trinajstić information content (AvgIpc) is 3.31. The van der Waals surface area contributed by atoms with Crippen LogP contribution in [0.5, 0.6) is 0 Å². The van der Waals surface area contributed by atoms with Crippen LogP contribution < -0.4 is 10.2 Å². The number of carbonyl (C=O) groups is 1. The Hall–Kier alpha value is -2.96. The van der Waals surface area contributed by atoms with Crippen LogP contribution >= 0.6 is 0 Å². The van der Waals surface area contributed by atoms with Gasteiger partial charge < -0.3 is 10.2 Å². The van der Waals surface area contributed by atoms with Crippen molar-refractivity contribution in [3.8, 4) is 0 Å². The molecule has 128 valence electrons. The van der Waals surface area contributed by atoms with Crippen molar-refractivity contribution in [1.29, 1.82) is 0 Å². The standard InChI is InChI=1S/C18H20N6O/c1-13(17-22-21-16-6-2-3-11-24(16)17)20-18(25)15-12-14(7-8-19-15)23-9-4-5-10-23/h2-3,6-8,11-13H,4-5,9-10H2,1H3,(H,20,25). The number of amides is 1. The lowest BCUT2D eigenvalue weighted by atomic mass is 10.2. The number of hydrogen-bond donors (Lipinski definition) is 1. The van der Waals surface area contributed by atoms with E-state index in [1.807, 2.05) is 47.9 Å². The van der Waals surface area contributed by atoms with Crippen molar-refractivity contribution in [3.63, 3.8) is 0 Å². The summed E-state index contributed by atoms with van der Waals surface area (Å²) in [6.45, 7) is 3.96. The molecule has 1 saturated heterocycles. The zero-order valence-electron chi connectivity index (χ0n) is 14.1. The first kappa shape index (κ1) is 15.6. The van der Waals surface area contributed by atoms with Gasteiger partial charge in [-0.25, -0.2) is 0 Å². The van der Waals surface area contributed by atoms with Gasteiger partial charge in [0.15, 0.2) is 11.5 Å². The molecule has 0 spiro atoms. The number of nitrogens with zero attached hydrogens (tertiary/aromatic N) is 5. The predicted octanol–water partition coefficient (Wildman–Crippen LogP) is 2.22. The van der Waals surface area contributed by atoms with Gasteiger partial charge in [0.2, 0.25) is 0 Å². The third-order valence-corrected chi connectivity index (χ3v) is 4.52. The monoisotopic (exact) mass is 336 g/mol. The van der Waals surface area contributed by atoms with Gasteiger partial charge in [-0.15, -0.1) is 10.2 Å². The van der Waals surface area contributed by atoms with Crippen LogP contribution in [-0.4, -0.2) is 38.6 Å². The molecule has 1 unspecified atom stereocenters. The molecule has 3 aromatic rings. The summed E-state index contributed by atoms with van der Waals surface area (Å²) in [7, 11) is 0. The van der Waals surface area contributed by atoms with E-state index >= 15 is 0 Å². The van der Waals surface area contributed by atoms with E-state index in [-0.39, 0.29) is 11.9 Å². The first-order chi connectivity index (χ1) is 12.2. The number of aromatic nitrogens is 4. The van der Waals surface area contributed by atoms with Crippen molar-refractivity contribution < 1.29 is 4.79 Å². The molecule has 1 N–H and O–H groups in total. The van der Waals surface area contributed by atoms with Crippen molar-refractivity contribution >= 4 is 17.2 Å². The van der Waals surface area contributed by atoms with Crippen LogP contribution in [0.2, 0.25) is 0 Å². The number of nitrogens with one attached hydrogen (secondary N) is 1. The van der Waals surface area contributed by atoms with Crippen LogP contribution in [0.4, 0.5) is 5.69 Å². The third kappa shape index (κ3) is 3.05. The van der Waals surface area contributed by atoms with Crippen LogP contribution in [0.15, 0.2) is 42.7 Å². The molecule has 4 rings (SSSR count). The summed E-state index contributed by atoms with van der Waals surface area (Å²) in [5.41, 5.74) is 2.23. The Balaban J connectivity index is 1.52. The Bertz CT molecular complexity index is 899. The summed E-state index contributed by atoms with van der Waals surface area (Å²) >= 11 is 0. The van der Waals surface area contributed by atoms with Gasteiger partial charge in [0.1, 0.15) is 5.69 Å². The number of fused-ring (bicyclic) bond motifs is 1. The number of hydrogen-bond acceptors (Lipinski definition) is 5. The van der Waals surface area contributed by atoms with Crippen molar-refractivity contribution in [2.75, 3.05) is 18.0 Å². The Morgan fingerprint density at radius 3 is 2.88 bits per heavy atom. The van der Waals surface area contributed by atoms with Crippen molar-refractivity contribution in [2.24, 2.45) is 0 Å². The van der Waals surface area contributed by atoms with Gasteiger partial charge in [-0.3, -0.25) is 14.2 Å². The fraction of sp³-hybridized carbons (Fsp3) is 0.333. The van der Waals surface area contributed by atoms with E-state index in [0.717, 1.165) is 24.4 Å². The molecule has 0 aromatic carbocycles. The Labute approximate surface area is 145 Å². The van der Waals surface area contributed by atoms with E-state index in [2.05, 4.69) is 25.4 Å². The van der Waals surface area contributed by atoms with Gasteiger partial charge in [-0.05, 0) is 44.0 Å². The lowest BCUT2D eigenvalue weighted by Crippen LogP contribution is -2.29. The maximum Gasteiger partial charge on any atom is 0.270 e. The molecule has 4 heterocycles. The van der Waals surface area contributed by atoms with E-state index in [1.165, 1.54) is 12.8 Å². The summed E-state index contributed by atoms with van der Waals surface area (Å²) in [5, 5.41) is 11.3. The van der Waals surface area contributed by atoms with Crippen LogP contribution in [0.25, 0.3) is 5.65 Å². The molecule has 7 nitrogen and oxygen atoms in total.